The Hall–Kier alpha value is -2.37. The van der Waals surface area contributed by atoms with Crippen LogP contribution in [-0.4, -0.2) is 31.4 Å². The third-order valence-corrected chi connectivity index (χ3v) is 3.18. The molecule has 0 saturated heterocycles. The van der Waals surface area contributed by atoms with Crippen molar-refractivity contribution < 1.29 is 19.1 Å². The van der Waals surface area contributed by atoms with Crippen LogP contribution in [0.2, 0.25) is 0 Å². The number of hydrogen-bond acceptors (Lipinski definition) is 4. The van der Waals surface area contributed by atoms with Crippen molar-refractivity contribution in [2.45, 2.75) is 33.7 Å². The molecule has 6 nitrogen and oxygen atoms in total. The molecule has 0 fully saturated rings. The summed E-state index contributed by atoms with van der Waals surface area (Å²) in [5.74, 6) is -0.616. The fourth-order valence-corrected chi connectivity index (χ4v) is 1.72. The summed E-state index contributed by atoms with van der Waals surface area (Å²) in [4.78, 5) is 34.7. The molecule has 6 heteroatoms. The molecule has 0 aromatic heterocycles. The second-order valence-corrected chi connectivity index (χ2v) is 6.22. The SMILES string of the molecule is COC(=O)c1ccc(CNC(=O)CCNC(=O)C(C)(C)C)cc1. The lowest BCUT2D eigenvalue weighted by atomic mass is 9.96. The van der Waals surface area contributed by atoms with Crippen LogP contribution >= 0.6 is 0 Å². The van der Waals surface area contributed by atoms with E-state index in [9.17, 15) is 14.4 Å². The van der Waals surface area contributed by atoms with Gasteiger partial charge in [0, 0.05) is 24.9 Å². The first-order chi connectivity index (χ1) is 10.7. The van der Waals surface area contributed by atoms with E-state index in [-0.39, 0.29) is 18.2 Å². The van der Waals surface area contributed by atoms with E-state index in [4.69, 9.17) is 0 Å². The minimum Gasteiger partial charge on any atom is -0.465 e. The van der Waals surface area contributed by atoms with Gasteiger partial charge in [-0.05, 0) is 17.7 Å². The number of benzene rings is 1. The summed E-state index contributed by atoms with van der Waals surface area (Å²) in [6.07, 6.45) is 0.224. The van der Waals surface area contributed by atoms with Crippen LogP contribution in [0.15, 0.2) is 24.3 Å². The van der Waals surface area contributed by atoms with Crippen LogP contribution in [0, 0.1) is 5.41 Å². The number of carbonyl (C=O) groups excluding carboxylic acids is 3. The average molecular weight is 320 g/mol. The Bertz CT molecular complexity index is 559. The predicted molar refractivity (Wildman–Crippen MR) is 86.7 cm³/mol. The number of methoxy groups -OCH3 is 1. The van der Waals surface area contributed by atoms with Crippen LogP contribution in [0.3, 0.4) is 0 Å². The first-order valence-corrected chi connectivity index (χ1v) is 7.46. The first-order valence-electron chi connectivity index (χ1n) is 7.46. The number of nitrogens with one attached hydrogen (secondary N) is 2. The molecule has 1 aromatic rings. The molecule has 2 N–H and O–H groups in total. The van der Waals surface area contributed by atoms with Gasteiger partial charge in [0.1, 0.15) is 0 Å². The highest BCUT2D eigenvalue weighted by molar-refractivity contribution is 5.89. The van der Waals surface area contributed by atoms with Crippen LogP contribution in [0.25, 0.3) is 0 Å². The highest BCUT2D eigenvalue weighted by Gasteiger charge is 2.20. The van der Waals surface area contributed by atoms with E-state index < -0.39 is 11.4 Å². The topological polar surface area (TPSA) is 84.5 Å². The summed E-state index contributed by atoms with van der Waals surface area (Å²) in [7, 11) is 1.33. The lowest BCUT2D eigenvalue weighted by molar-refractivity contribution is -0.128. The Morgan fingerprint density at radius 1 is 1.04 bits per heavy atom. The van der Waals surface area contributed by atoms with Gasteiger partial charge in [-0.2, -0.15) is 0 Å². The second kappa shape index (κ2) is 8.31. The summed E-state index contributed by atoms with van der Waals surface area (Å²) < 4.78 is 4.62. The molecule has 0 radical (unpaired) electrons. The van der Waals surface area contributed by atoms with Gasteiger partial charge in [0.05, 0.1) is 12.7 Å². The van der Waals surface area contributed by atoms with Gasteiger partial charge in [-0.3, -0.25) is 9.59 Å². The highest BCUT2D eigenvalue weighted by Crippen LogP contribution is 2.12. The van der Waals surface area contributed by atoms with Crippen LogP contribution in [0.1, 0.15) is 43.1 Å². The van der Waals surface area contributed by atoms with Crippen molar-refractivity contribution in [1.29, 1.82) is 0 Å². The van der Waals surface area contributed by atoms with Gasteiger partial charge in [-0.25, -0.2) is 4.79 Å². The van der Waals surface area contributed by atoms with Gasteiger partial charge in [0.2, 0.25) is 11.8 Å². The number of carbonyl (C=O) groups is 3. The third kappa shape index (κ3) is 6.50. The maximum Gasteiger partial charge on any atom is 0.337 e. The summed E-state index contributed by atoms with van der Waals surface area (Å²) in [6, 6.07) is 6.82. The van der Waals surface area contributed by atoms with Crippen LogP contribution in [-0.2, 0) is 20.9 Å². The molecule has 23 heavy (non-hydrogen) atoms. The molecule has 2 amide bonds. The molecule has 0 aliphatic rings. The lowest BCUT2D eigenvalue weighted by Gasteiger charge is -2.17. The minimum absolute atomic E-state index is 0.0799. The Labute approximate surface area is 136 Å². The molecule has 0 spiro atoms. The minimum atomic E-state index is -0.460. The highest BCUT2D eigenvalue weighted by atomic mass is 16.5. The van der Waals surface area contributed by atoms with Crippen LogP contribution < -0.4 is 10.6 Å². The molecular formula is C17H24N2O4. The fraction of sp³-hybridized carbons (Fsp3) is 0.471. The quantitative estimate of drug-likeness (QED) is 0.781. The molecule has 1 rings (SSSR count). The Balaban J connectivity index is 2.33. The van der Waals surface area contributed by atoms with E-state index in [0.717, 1.165) is 5.56 Å². The van der Waals surface area contributed by atoms with Crippen molar-refractivity contribution in [2.75, 3.05) is 13.7 Å². The Morgan fingerprint density at radius 3 is 2.17 bits per heavy atom. The maximum absolute atomic E-state index is 11.7. The second-order valence-electron chi connectivity index (χ2n) is 6.22. The van der Waals surface area contributed by atoms with Gasteiger partial charge in [-0.15, -0.1) is 0 Å². The van der Waals surface area contributed by atoms with Crippen LogP contribution in [0.5, 0.6) is 0 Å². The monoisotopic (exact) mass is 320 g/mol. The van der Waals surface area contributed by atoms with Crippen molar-refractivity contribution in [3.05, 3.63) is 35.4 Å². The molecule has 0 heterocycles. The van der Waals surface area contributed by atoms with Gasteiger partial charge in [0.25, 0.3) is 0 Å². The zero-order chi connectivity index (χ0) is 17.5. The van der Waals surface area contributed by atoms with Crippen molar-refractivity contribution in [1.82, 2.24) is 10.6 Å². The van der Waals surface area contributed by atoms with Crippen molar-refractivity contribution in [2.24, 2.45) is 5.41 Å². The van der Waals surface area contributed by atoms with E-state index in [1.165, 1.54) is 7.11 Å². The number of esters is 1. The van der Waals surface area contributed by atoms with Gasteiger partial charge in [-0.1, -0.05) is 32.9 Å². The Morgan fingerprint density at radius 2 is 1.65 bits per heavy atom. The molecule has 126 valence electrons. The molecule has 0 aliphatic heterocycles. The molecule has 0 atom stereocenters. The lowest BCUT2D eigenvalue weighted by Crippen LogP contribution is -2.37. The van der Waals surface area contributed by atoms with E-state index >= 15 is 0 Å². The third-order valence-electron chi connectivity index (χ3n) is 3.18. The standard InChI is InChI=1S/C17H24N2O4/c1-17(2,3)16(22)18-10-9-14(20)19-11-12-5-7-13(8-6-12)15(21)23-4/h5-8H,9-11H2,1-4H3,(H,18,22)(H,19,20). The van der Waals surface area contributed by atoms with Gasteiger partial charge < -0.3 is 15.4 Å². The number of amides is 2. The maximum atomic E-state index is 11.7. The molecule has 0 unspecified atom stereocenters. The van der Waals surface area contributed by atoms with Gasteiger partial charge >= 0.3 is 5.97 Å². The zero-order valence-corrected chi connectivity index (χ0v) is 14.1. The van der Waals surface area contributed by atoms with Crippen LogP contribution in [0.4, 0.5) is 0 Å². The zero-order valence-electron chi connectivity index (χ0n) is 14.1. The fourth-order valence-electron chi connectivity index (χ4n) is 1.72. The molecular weight excluding hydrogens is 296 g/mol. The van der Waals surface area contributed by atoms with Crippen molar-refractivity contribution in [3.8, 4) is 0 Å². The van der Waals surface area contributed by atoms with E-state index in [1.807, 2.05) is 20.8 Å². The van der Waals surface area contributed by atoms with Gasteiger partial charge in [0.15, 0.2) is 0 Å². The predicted octanol–water partition coefficient (Wildman–Crippen LogP) is 1.64. The molecule has 1 aromatic carbocycles. The molecule has 0 saturated carbocycles. The number of hydrogen-bond donors (Lipinski definition) is 2. The van der Waals surface area contributed by atoms with E-state index in [0.29, 0.717) is 18.7 Å². The largest absolute Gasteiger partial charge is 0.465 e. The molecule has 0 bridgehead atoms. The number of ether oxygens (including phenoxy) is 1. The first kappa shape index (κ1) is 18.7. The molecule has 0 aliphatic carbocycles. The normalized spacial score (nSPS) is 10.8. The number of rotatable bonds is 6. The summed E-state index contributed by atoms with van der Waals surface area (Å²) in [6.45, 7) is 6.14. The van der Waals surface area contributed by atoms with Crippen molar-refractivity contribution >= 4 is 17.8 Å². The van der Waals surface area contributed by atoms with E-state index in [2.05, 4.69) is 15.4 Å². The summed E-state index contributed by atoms with van der Waals surface area (Å²) in [5.41, 5.74) is 0.884. The van der Waals surface area contributed by atoms with E-state index in [1.54, 1.807) is 24.3 Å². The Kier molecular flexibility index (Phi) is 6.75. The van der Waals surface area contributed by atoms with Crippen molar-refractivity contribution in [3.63, 3.8) is 0 Å². The average Bonchev–Trinajstić information content (AvgIpc) is 2.51. The summed E-state index contributed by atoms with van der Waals surface area (Å²) in [5, 5.41) is 5.49. The smallest absolute Gasteiger partial charge is 0.337 e. The summed E-state index contributed by atoms with van der Waals surface area (Å²) >= 11 is 0.